The van der Waals surface area contributed by atoms with Crippen LogP contribution in [0.5, 0.6) is 5.75 Å². The van der Waals surface area contributed by atoms with E-state index in [1.807, 2.05) is 48.0 Å². The van der Waals surface area contributed by atoms with Gasteiger partial charge in [0.1, 0.15) is 5.75 Å². The van der Waals surface area contributed by atoms with Crippen LogP contribution >= 0.6 is 11.6 Å². The van der Waals surface area contributed by atoms with Gasteiger partial charge in [-0.1, -0.05) is 23.7 Å². The van der Waals surface area contributed by atoms with Crippen molar-refractivity contribution in [1.82, 2.24) is 14.4 Å². The minimum Gasteiger partial charge on any atom is -0.496 e. The summed E-state index contributed by atoms with van der Waals surface area (Å²) in [6.07, 6.45) is 5.49. The summed E-state index contributed by atoms with van der Waals surface area (Å²) in [5.41, 5.74) is 3.64. The van der Waals surface area contributed by atoms with Gasteiger partial charge in [-0.25, -0.2) is 9.97 Å². The van der Waals surface area contributed by atoms with Crippen LogP contribution < -0.4 is 10.1 Å². The number of nitrogens with zero attached hydrogens (tertiary/aromatic N) is 3. The molecule has 0 aliphatic heterocycles. The van der Waals surface area contributed by atoms with Crippen molar-refractivity contribution in [2.75, 3.05) is 12.4 Å². The molecule has 0 saturated carbocycles. The Labute approximate surface area is 166 Å². The van der Waals surface area contributed by atoms with E-state index in [9.17, 15) is 4.79 Å². The molecule has 0 unspecified atom stereocenters. The Hall–Kier alpha value is -3.38. The second kappa shape index (κ2) is 7.32. The third kappa shape index (κ3) is 3.42. The third-order valence-electron chi connectivity index (χ3n) is 4.42. The molecule has 0 radical (unpaired) electrons. The van der Waals surface area contributed by atoms with E-state index in [0.29, 0.717) is 27.8 Å². The summed E-state index contributed by atoms with van der Waals surface area (Å²) in [4.78, 5) is 21.6. The molecule has 0 spiro atoms. The zero-order chi connectivity index (χ0) is 19.7. The number of hydrogen-bond donors (Lipinski definition) is 1. The number of hydrogen-bond acceptors (Lipinski definition) is 4. The Morgan fingerprint density at radius 3 is 2.86 bits per heavy atom. The minimum absolute atomic E-state index is 0.295. The smallest absolute Gasteiger partial charge is 0.259 e. The van der Waals surface area contributed by atoms with E-state index in [1.165, 1.54) is 7.11 Å². The molecule has 0 saturated heterocycles. The molecule has 28 heavy (non-hydrogen) atoms. The number of fused-ring (bicyclic) bond motifs is 1. The second-order valence-electron chi connectivity index (χ2n) is 6.28. The first-order valence-corrected chi connectivity index (χ1v) is 8.98. The standard InChI is InChI=1S/C21H17ClN4O2/c1-13-4-5-14(18-12-26-9-3-8-23-21(26)25-18)10-17(13)24-20(27)16-11-15(22)6-7-19(16)28-2/h3-12H,1-2H3,(H,24,27). The Morgan fingerprint density at radius 1 is 1.21 bits per heavy atom. The fourth-order valence-electron chi connectivity index (χ4n) is 2.93. The predicted octanol–water partition coefficient (Wildman–Crippen LogP) is 4.62. The number of carbonyl (C=O) groups excluding carboxylic acids is 1. The van der Waals surface area contributed by atoms with Crippen LogP contribution in [-0.2, 0) is 0 Å². The lowest BCUT2D eigenvalue weighted by molar-refractivity contribution is 0.102. The molecule has 6 nitrogen and oxygen atoms in total. The van der Waals surface area contributed by atoms with Crippen LogP contribution in [0.2, 0.25) is 5.02 Å². The topological polar surface area (TPSA) is 68.5 Å². The van der Waals surface area contributed by atoms with Crippen molar-refractivity contribution in [2.24, 2.45) is 0 Å². The Morgan fingerprint density at radius 2 is 2.07 bits per heavy atom. The molecule has 4 rings (SSSR count). The van der Waals surface area contributed by atoms with Crippen molar-refractivity contribution in [2.45, 2.75) is 6.92 Å². The van der Waals surface area contributed by atoms with E-state index < -0.39 is 0 Å². The van der Waals surface area contributed by atoms with E-state index in [-0.39, 0.29) is 5.91 Å². The second-order valence-corrected chi connectivity index (χ2v) is 6.72. The lowest BCUT2D eigenvalue weighted by Gasteiger charge is -2.12. The van der Waals surface area contributed by atoms with Crippen molar-refractivity contribution in [3.8, 4) is 17.0 Å². The highest BCUT2D eigenvalue weighted by molar-refractivity contribution is 6.31. The average Bonchev–Trinajstić information content (AvgIpc) is 3.13. The molecule has 4 aromatic rings. The Balaban J connectivity index is 1.68. The number of benzene rings is 2. The van der Waals surface area contributed by atoms with Gasteiger partial charge in [-0.05, 0) is 42.8 Å². The van der Waals surface area contributed by atoms with Gasteiger partial charge in [0, 0.05) is 34.9 Å². The van der Waals surface area contributed by atoms with E-state index in [4.69, 9.17) is 16.3 Å². The summed E-state index contributed by atoms with van der Waals surface area (Å²) >= 11 is 6.04. The number of carbonyl (C=O) groups is 1. The monoisotopic (exact) mass is 392 g/mol. The van der Waals surface area contributed by atoms with Crippen molar-refractivity contribution >= 4 is 29.0 Å². The molecule has 1 amide bonds. The number of amides is 1. The van der Waals surface area contributed by atoms with Crippen LogP contribution in [0, 0.1) is 6.92 Å². The van der Waals surface area contributed by atoms with Gasteiger partial charge in [-0.15, -0.1) is 0 Å². The SMILES string of the molecule is COc1ccc(Cl)cc1C(=O)Nc1cc(-c2cn3cccnc3n2)ccc1C. The zero-order valence-corrected chi connectivity index (χ0v) is 16.1. The molecule has 140 valence electrons. The van der Waals surface area contributed by atoms with Gasteiger partial charge in [-0.2, -0.15) is 0 Å². The number of nitrogens with one attached hydrogen (secondary N) is 1. The molecule has 2 aromatic heterocycles. The van der Waals surface area contributed by atoms with Crippen LogP contribution in [-0.4, -0.2) is 27.4 Å². The molecule has 0 bridgehead atoms. The van der Waals surface area contributed by atoms with E-state index in [1.54, 1.807) is 24.4 Å². The quantitative estimate of drug-likeness (QED) is 0.550. The molecule has 2 aromatic carbocycles. The van der Waals surface area contributed by atoms with E-state index >= 15 is 0 Å². The first-order valence-electron chi connectivity index (χ1n) is 8.61. The number of anilines is 1. The highest BCUT2D eigenvalue weighted by Gasteiger charge is 2.15. The number of aromatic nitrogens is 3. The predicted molar refractivity (Wildman–Crippen MR) is 109 cm³/mol. The van der Waals surface area contributed by atoms with Crippen LogP contribution in [0.15, 0.2) is 61.1 Å². The van der Waals surface area contributed by atoms with Gasteiger partial charge in [-0.3, -0.25) is 9.20 Å². The molecule has 0 fully saturated rings. The third-order valence-corrected chi connectivity index (χ3v) is 4.66. The normalized spacial score (nSPS) is 10.8. The Bertz CT molecular complexity index is 1150. The molecular weight excluding hydrogens is 376 g/mol. The number of aryl methyl sites for hydroxylation is 1. The maximum Gasteiger partial charge on any atom is 0.259 e. The molecule has 2 heterocycles. The van der Waals surface area contributed by atoms with Crippen molar-refractivity contribution < 1.29 is 9.53 Å². The Kier molecular flexibility index (Phi) is 4.71. The van der Waals surface area contributed by atoms with Crippen LogP contribution in [0.25, 0.3) is 17.0 Å². The lowest BCUT2D eigenvalue weighted by atomic mass is 10.1. The fourth-order valence-corrected chi connectivity index (χ4v) is 3.10. The number of ether oxygens (including phenoxy) is 1. The van der Waals surface area contributed by atoms with Gasteiger partial charge >= 0.3 is 0 Å². The van der Waals surface area contributed by atoms with Crippen molar-refractivity contribution in [3.63, 3.8) is 0 Å². The molecular formula is C21H17ClN4O2. The summed E-state index contributed by atoms with van der Waals surface area (Å²) in [6, 6.07) is 12.6. The molecule has 1 N–H and O–H groups in total. The number of rotatable bonds is 4. The minimum atomic E-state index is -0.295. The summed E-state index contributed by atoms with van der Waals surface area (Å²) < 4.78 is 7.13. The molecule has 7 heteroatoms. The first kappa shape index (κ1) is 18.0. The average molecular weight is 393 g/mol. The summed E-state index contributed by atoms with van der Waals surface area (Å²) in [5, 5.41) is 3.41. The van der Waals surface area contributed by atoms with Crippen LogP contribution in [0.3, 0.4) is 0 Å². The summed E-state index contributed by atoms with van der Waals surface area (Å²) in [5.74, 6) is 0.783. The molecule has 0 atom stereocenters. The van der Waals surface area contributed by atoms with Gasteiger partial charge in [0.15, 0.2) is 0 Å². The molecule has 0 aliphatic carbocycles. The zero-order valence-electron chi connectivity index (χ0n) is 15.3. The maximum atomic E-state index is 12.8. The number of methoxy groups -OCH3 is 1. The highest BCUT2D eigenvalue weighted by atomic mass is 35.5. The van der Waals surface area contributed by atoms with Gasteiger partial charge < -0.3 is 10.1 Å². The molecule has 0 aliphatic rings. The van der Waals surface area contributed by atoms with Crippen LogP contribution in [0.1, 0.15) is 15.9 Å². The van der Waals surface area contributed by atoms with E-state index in [2.05, 4.69) is 15.3 Å². The summed E-state index contributed by atoms with van der Waals surface area (Å²) in [6.45, 7) is 1.93. The largest absolute Gasteiger partial charge is 0.496 e. The van der Waals surface area contributed by atoms with Gasteiger partial charge in [0.2, 0.25) is 5.78 Å². The number of halogens is 1. The highest BCUT2D eigenvalue weighted by Crippen LogP contribution is 2.27. The van der Waals surface area contributed by atoms with Gasteiger partial charge in [0.05, 0.1) is 18.4 Å². The maximum absolute atomic E-state index is 12.8. The van der Waals surface area contributed by atoms with Gasteiger partial charge in [0.25, 0.3) is 5.91 Å². The first-order chi connectivity index (χ1) is 13.5. The lowest BCUT2D eigenvalue weighted by Crippen LogP contribution is -2.14. The fraction of sp³-hybridized carbons (Fsp3) is 0.0952. The summed E-state index contributed by atoms with van der Waals surface area (Å²) in [7, 11) is 1.52. The number of imidazole rings is 1. The van der Waals surface area contributed by atoms with Crippen molar-refractivity contribution in [3.05, 3.63) is 77.2 Å². The van der Waals surface area contributed by atoms with E-state index in [0.717, 1.165) is 16.8 Å². The van der Waals surface area contributed by atoms with Crippen LogP contribution in [0.4, 0.5) is 5.69 Å². The van der Waals surface area contributed by atoms with Crippen molar-refractivity contribution in [1.29, 1.82) is 0 Å².